The number of pyridine rings is 1. The SMILES string of the molecule is CCn1c(CCCOc2ccc(Cl)cc2Cl)nnc1SCC(=O)Nc1ccc(Cl)cn1. The lowest BCUT2D eigenvalue weighted by atomic mass is 10.3. The van der Waals surface area contributed by atoms with E-state index >= 15 is 0 Å². The number of carbonyl (C=O) groups excluding carboxylic acids is 1. The number of nitrogens with one attached hydrogen (secondary N) is 1. The molecule has 7 nitrogen and oxygen atoms in total. The van der Waals surface area contributed by atoms with Crippen LogP contribution >= 0.6 is 46.6 Å². The fourth-order valence-electron chi connectivity index (χ4n) is 2.69. The lowest BCUT2D eigenvalue weighted by molar-refractivity contribution is -0.113. The minimum Gasteiger partial charge on any atom is -0.492 e. The number of ether oxygens (including phenoxy) is 1. The number of halogens is 3. The molecule has 1 N–H and O–H groups in total. The maximum atomic E-state index is 12.2. The molecule has 0 bridgehead atoms. The number of hydrogen-bond donors (Lipinski definition) is 1. The largest absolute Gasteiger partial charge is 0.492 e. The molecule has 11 heteroatoms. The summed E-state index contributed by atoms with van der Waals surface area (Å²) in [5, 5.41) is 13.5. The van der Waals surface area contributed by atoms with Crippen LogP contribution in [0.5, 0.6) is 5.75 Å². The molecular weight excluding hydrogens is 481 g/mol. The van der Waals surface area contributed by atoms with Crippen molar-refractivity contribution < 1.29 is 9.53 Å². The molecule has 0 aliphatic heterocycles. The Morgan fingerprint density at radius 1 is 1.16 bits per heavy atom. The van der Waals surface area contributed by atoms with E-state index in [4.69, 9.17) is 39.5 Å². The Labute approximate surface area is 199 Å². The fourth-order valence-corrected chi connectivity index (χ4v) is 4.09. The van der Waals surface area contributed by atoms with Crippen LogP contribution in [0.25, 0.3) is 0 Å². The van der Waals surface area contributed by atoms with Gasteiger partial charge in [0.1, 0.15) is 17.4 Å². The maximum Gasteiger partial charge on any atom is 0.236 e. The van der Waals surface area contributed by atoms with Crippen LogP contribution < -0.4 is 10.1 Å². The van der Waals surface area contributed by atoms with Crippen molar-refractivity contribution in [1.29, 1.82) is 0 Å². The van der Waals surface area contributed by atoms with E-state index < -0.39 is 0 Å². The Balaban J connectivity index is 1.48. The quantitative estimate of drug-likeness (QED) is 0.297. The molecule has 1 amide bonds. The van der Waals surface area contributed by atoms with Crippen LogP contribution in [0.15, 0.2) is 41.7 Å². The molecule has 0 aliphatic rings. The number of aryl methyl sites for hydroxylation is 1. The van der Waals surface area contributed by atoms with Gasteiger partial charge in [-0.1, -0.05) is 46.6 Å². The van der Waals surface area contributed by atoms with Crippen LogP contribution in [0.1, 0.15) is 19.2 Å². The summed E-state index contributed by atoms with van der Waals surface area (Å²) in [6.45, 7) is 3.20. The molecule has 3 rings (SSSR count). The molecule has 164 valence electrons. The second kappa shape index (κ2) is 11.6. The second-order valence-electron chi connectivity index (χ2n) is 6.37. The van der Waals surface area contributed by atoms with Crippen molar-refractivity contribution in [3.63, 3.8) is 0 Å². The number of benzene rings is 1. The van der Waals surface area contributed by atoms with Crippen molar-refractivity contribution in [2.45, 2.75) is 31.5 Å². The van der Waals surface area contributed by atoms with Crippen molar-refractivity contribution in [3.8, 4) is 5.75 Å². The molecule has 0 atom stereocenters. The van der Waals surface area contributed by atoms with E-state index in [-0.39, 0.29) is 11.7 Å². The van der Waals surface area contributed by atoms with Crippen LogP contribution in [-0.4, -0.2) is 38.0 Å². The lowest BCUT2D eigenvalue weighted by Crippen LogP contribution is -2.15. The zero-order valence-corrected chi connectivity index (χ0v) is 19.7. The van der Waals surface area contributed by atoms with Crippen molar-refractivity contribution >= 4 is 58.3 Å². The third-order valence-corrected chi connectivity index (χ3v) is 5.85. The standard InChI is InChI=1S/C20H20Cl3N5O2S/c1-2-28-18(4-3-9-30-16-7-5-13(21)10-15(16)23)26-27-20(28)31-12-19(29)25-17-8-6-14(22)11-24-17/h5-8,10-11H,2-4,9,12H2,1H3,(H,24,25,29). The smallest absolute Gasteiger partial charge is 0.236 e. The molecule has 0 unspecified atom stereocenters. The highest BCUT2D eigenvalue weighted by Gasteiger charge is 2.13. The average molecular weight is 501 g/mol. The molecule has 0 aliphatic carbocycles. The summed E-state index contributed by atoms with van der Waals surface area (Å²) >= 11 is 19.1. The number of thioether (sulfide) groups is 1. The van der Waals surface area contributed by atoms with Crippen molar-refractivity contribution in [2.24, 2.45) is 0 Å². The van der Waals surface area contributed by atoms with E-state index in [1.54, 1.807) is 30.3 Å². The zero-order chi connectivity index (χ0) is 22.2. The second-order valence-corrected chi connectivity index (χ2v) is 8.59. The highest BCUT2D eigenvalue weighted by atomic mass is 35.5. The summed E-state index contributed by atoms with van der Waals surface area (Å²) in [4.78, 5) is 16.2. The Hall–Kier alpha value is -2.00. The van der Waals surface area contributed by atoms with Gasteiger partial charge in [0.15, 0.2) is 5.16 Å². The Morgan fingerprint density at radius 3 is 2.68 bits per heavy atom. The molecular formula is C20H20Cl3N5O2S. The monoisotopic (exact) mass is 499 g/mol. The van der Waals surface area contributed by atoms with Gasteiger partial charge in [0.05, 0.1) is 22.4 Å². The highest BCUT2D eigenvalue weighted by Crippen LogP contribution is 2.27. The number of nitrogens with zero attached hydrogens (tertiary/aromatic N) is 4. The van der Waals surface area contributed by atoms with E-state index in [1.807, 2.05) is 11.5 Å². The van der Waals surface area contributed by atoms with Gasteiger partial charge in [-0.05, 0) is 43.7 Å². The van der Waals surface area contributed by atoms with Gasteiger partial charge < -0.3 is 14.6 Å². The zero-order valence-electron chi connectivity index (χ0n) is 16.6. The first-order valence-electron chi connectivity index (χ1n) is 9.50. The minimum absolute atomic E-state index is 0.180. The highest BCUT2D eigenvalue weighted by molar-refractivity contribution is 7.99. The third-order valence-electron chi connectivity index (χ3n) is 4.13. The number of aromatic nitrogens is 4. The third kappa shape index (κ3) is 7.00. The van der Waals surface area contributed by atoms with E-state index in [1.165, 1.54) is 18.0 Å². The van der Waals surface area contributed by atoms with Crippen LogP contribution in [0, 0.1) is 0 Å². The van der Waals surface area contributed by atoms with Gasteiger partial charge in [0, 0.05) is 24.2 Å². The van der Waals surface area contributed by atoms with Crippen LogP contribution in [0.4, 0.5) is 5.82 Å². The van der Waals surface area contributed by atoms with Gasteiger partial charge in [-0.3, -0.25) is 4.79 Å². The van der Waals surface area contributed by atoms with Crippen LogP contribution in [-0.2, 0) is 17.8 Å². The molecule has 0 saturated carbocycles. The number of rotatable bonds is 10. The summed E-state index contributed by atoms with van der Waals surface area (Å²) in [6.07, 6.45) is 2.91. The first-order valence-corrected chi connectivity index (χ1v) is 11.6. The average Bonchev–Trinajstić information content (AvgIpc) is 3.14. The van der Waals surface area contributed by atoms with Gasteiger partial charge in [0.25, 0.3) is 0 Å². The van der Waals surface area contributed by atoms with E-state index in [0.29, 0.717) is 51.4 Å². The van der Waals surface area contributed by atoms with Gasteiger partial charge in [-0.25, -0.2) is 4.98 Å². The van der Waals surface area contributed by atoms with Crippen molar-refractivity contribution in [3.05, 3.63) is 57.4 Å². The Bertz CT molecular complexity index is 1030. The van der Waals surface area contributed by atoms with Gasteiger partial charge >= 0.3 is 0 Å². The van der Waals surface area contributed by atoms with E-state index in [9.17, 15) is 4.79 Å². The van der Waals surface area contributed by atoms with Crippen LogP contribution in [0.3, 0.4) is 0 Å². The Morgan fingerprint density at radius 2 is 1.97 bits per heavy atom. The normalized spacial score (nSPS) is 10.8. The predicted octanol–water partition coefficient (Wildman–Crippen LogP) is 5.40. The molecule has 3 aromatic rings. The minimum atomic E-state index is -0.180. The van der Waals surface area contributed by atoms with Gasteiger partial charge in [-0.15, -0.1) is 10.2 Å². The van der Waals surface area contributed by atoms with Crippen molar-refractivity contribution in [2.75, 3.05) is 17.7 Å². The molecule has 2 aromatic heterocycles. The lowest BCUT2D eigenvalue weighted by Gasteiger charge is -2.09. The van der Waals surface area contributed by atoms with E-state index in [0.717, 1.165) is 12.2 Å². The Kier molecular flexibility index (Phi) is 8.83. The molecule has 2 heterocycles. The number of carbonyl (C=O) groups is 1. The molecule has 1 aromatic carbocycles. The molecule has 0 radical (unpaired) electrons. The first-order chi connectivity index (χ1) is 15.0. The van der Waals surface area contributed by atoms with Gasteiger partial charge in [0.2, 0.25) is 5.91 Å². The van der Waals surface area contributed by atoms with E-state index in [2.05, 4.69) is 20.5 Å². The molecule has 0 saturated heterocycles. The predicted molar refractivity (Wildman–Crippen MR) is 125 cm³/mol. The number of amides is 1. The molecule has 0 spiro atoms. The number of hydrogen-bond acceptors (Lipinski definition) is 6. The topological polar surface area (TPSA) is 81.9 Å². The summed E-state index contributed by atoms with van der Waals surface area (Å²) in [5.41, 5.74) is 0. The molecule has 0 fully saturated rings. The molecule has 31 heavy (non-hydrogen) atoms. The van der Waals surface area contributed by atoms with Gasteiger partial charge in [-0.2, -0.15) is 0 Å². The summed E-state index contributed by atoms with van der Waals surface area (Å²) in [7, 11) is 0. The first kappa shape index (κ1) is 23.7. The summed E-state index contributed by atoms with van der Waals surface area (Å²) in [6, 6.07) is 8.45. The van der Waals surface area contributed by atoms with Crippen LogP contribution in [0.2, 0.25) is 15.1 Å². The maximum absolute atomic E-state index is 12.2. The number of anilines is 1. The summed E-state index contributed by atoms with van der Waals surface area (Å²) in [5.74, 6) is 1.91. The van der Waals surface area contributed by atoms with Crippen molar-refractivity contribution in [1.82, 2.24) is 19.7 Å². The fraction of sp³-hybridized carbons (Fsp3) is 0.300. The summed E-state index contributed by atoms with van der Waals surface area (Å²) < 4.78 is 7.71.